The van der Waals surface area contributed by atoms with Gasteiger partial charge in [-0.2, -0.15) is 0 Å². The van der Waals surface area contributed by atoms with Crippen LogP contribution in [0.3, 0.4) is 0 Å². The lowest BCUT2D eigenvalue weighted by Gasteiger charge is -2.16. The van der Waals surface area contributed by atoms with Gasteiger partial charge in [0.25, 0.3) is 0 Å². The maximum atomic E-state index is 5.62. The van der Waals surface area contributed by atoms with E-state index in [1.807, 2.05) is 0 Å². The van der Waals surface area contributed by atoms with Crippen molar-refractivity contribution in [3.63, 3.8) is 0 Å². The number of hydrogen-bond acceptors (Lipinski definition) is 3. The number of fused-ring (bicyclic) bond motifs is 1. The molecule has 3 nitrogen and oxygen atoms in total. The van der Waals surface area contributed by atoms with Gasteiger partial charge in [0.05, 0.1) is 14.2 Å². The van der Waals surface area contributed by atoms with E-state index in [1.165, 1.54) is 23.1 Å². The molecular formula is C13H19NO2. The Bertz CT molecular complexity index is 388. The number of nitrogens with two attached hydrogens (primary N) is 1. The molecule has 0 radical (unpaired) electrons. The lowest BCUT2D eigenvalue weighted by molar-refractivity contribution is 0.393. The van der Waals surface area contributed by atoms with Gasteiger partial charge in [-0.05, 0) is 43.9 Å². The van der Waals surface area contributed by atoms with Crippen molar-refractivity contribution in [2.75, 3.05) is 20.8 Å². The highest BCUT2D eigenvalue weighted by atomic mass is 16.5. The molecule has 0 saturated heterocycles. The van der Waals surface area contributed by atoms with Crippen molar-refractivity contribution in [2.45, 2.75) is 25.7 Å². The topological polar surface area (TPSA) is 44.5 Å². The SMILES string of the molecule is COc1[13cH]c(CCN)c(OC)c2c1CCC2. The predicted octanol–water partition coefficient (Wildman–Crippen LogP) is 1.69. The third-order valence-corrected chi connectivity index (χ3v) is 3.22. The van der Waals surface area contributed by atoms with Crippen molar-refractivity contribution in [3.05, 3.63) is 22.8 Å². The first-order chi connectivity index (χ1) is 7.81. The fourth-order valence-corrected chi connectivity index (χ4v) is 2.55. The molecule has 2 N–H and O–H groups in total. The summed E-state index contributed by atoms with van der Waals surface area (Å²) in [5, 5.41) is 0. The highest BCUT2D eigenvalue weighted by molar-refractivity contribution is 5.55. The minimum absolute atomic E-state index is 0.637. The second kappa shape index (κ2) is 4.74. The van der Waals surface area contributed by atoms with E-state index in [-0.39, 0.29) is 0 Å². The molecule has 0 atom stereocenters. The van der Waals surface area contributed by atoms with Crippen molar-refractivity contribution in [3.8, 4) is 11.5 Å². The van der Waals surface area contributed by atoms with Gasteiger partial charge in [-0.1, -0.05) is 0 Å². The standard InChI is InChI=1S/C13H19NO2/c1-15-12-8-9(6-7-14)13(16-2)11-5-3-4-10(11)12/h8H,3-7,14H2,1-2H3/i8+1. The number of rotatable bonds is 4. The summed E-state index contributed by atoms with van der Waals surface area (Å²) < 4.78 is 11.0. The van der Waals surface area contributed by atoms with E-state index >= 15 is 0 Å². The molecule has 2 rings (SSSR count). The van der Waals surface area contributed by atoms with E-state index in [9.17, 15) is 0 Å². The maximum absolute atomic E-state index is 5.62. The summed E-state index contributed by atoms with van der Waals surface area (Å²) >= 11 is 0. The van der Waals surface area contributed by atoms with Crippen LogP contribution < -0.4 is 15.2 Å². The smallest absolute Gasteiger partial charge is 0.125 e. The Hall–Kier alpha value is -1.22. The molecule has 0 unspecified atom stereocenters. The highest BCUT2D eigenvalue weighted by Crippen LogP contribution is 2.39. The molecular weight excluding hydrogens is 203 g/mol. The van der Waals surface area contributed by atoms with Gasteiger partial charge >= 0.3 is 0 Å². The monoisotopic (exact) mass is 222 g/mol. The van der Waals surface area contributed by atoms with E-state index in [4.69, 9.17) is 15.2 Å². The van der Waals surface area contributed by atoms with Crippen LogP contribution in [0.4, 0.5) is 0 Å². The molecule has 0 amide bonds. The molecule has 3 heteroatoms. The Balaban J connectivity index is 2.53. The van der Waals surface area contributed by atoms with Gasteiger partial charge in [0.1, 0.15) is 11.5 Å². The summed E-state index contributed by atoms with van der Waals surface area (Å²) in [5.41, 5.74) is 9.44. The van der Waals surface area contributed by atoms with Crippen LogP contribution in [0, 0.1) is 0 Å². The van der Waals surface area contributed by atoms with Gasteiger partial charge < -0.3 is 15.2 Å². The summed E-state index contributed by atoms with van der Waals surface area (Å²) in [7, 11) is 3.47. The summed E-state index contributed by atoms with van der Waals surface area (Å²) in [6, 6.07) is 2.08. The van der Waals surface area contributed by atoms with Gasteiger partial charge in [0.15, 0.2) is 0 Å². The summed E-state index contributed by atoms with van der Waals surface area (Å²) in [4.78, 5) is 0. The molecule has 1 aromatic carbocycles. The molecule has 1 aliphatic carbocycles. The van der Waals surface area contributed by atoms with Crippen LogP contribution in [0.2, 0.25) is 0 Å². The number of ether oxygens (including phenoxy) is 2. The Morgan fingerprint density at radius 3 is 2.56 bits per heavy atom. The van der Waals surface area contributed by atoms with Crippen molar-refractivity contribution in [2.24, 2.45) is 5.73 Å². The molecule has 88 valence electrons. The minimum atomic E-state index is 0.637. The van der Waals surface area contributed by atoms with Crippen LogP contribution >= 0.6 is 0 Å². The van der Waals surface area contributed by atoms with Crippen LogP contribution in [-0.4, -0.2) is 20.8 Å². The molecule has 0 aliphatic heterocycles. The molecule has 16 heavy (non-hydrogen) atoms. The minimum Gasteiger partial charge on any atom is -0.496 e. The summed E-state index contributed by atoms with van der Waals surface area (Å²) in [6.07, 6.45) is 4.21. The van der Waals surface area contributed by atoms with Gasteiger partial charge in [-0.15, -0.1) is 0 Å². The summed E-state index contributed by atoms with van der Waals surface area (Å²) in [6.45, 7) is 0.637. The van der Waals surface area contributed by atoms with Gasteiger partial charge in [0, 0.05) is 11.1 Å². The fraction of sp³-hybridized carbons (Fsp3) is 0.538. The fourth-order valence-electron chi connectivity index (χ4n) is 2.55. The predicted molar refractivity (Wildman–Crippen MR) is 64.3 cm³/mol. The molecule has 0 saturated carbocycles. The third-order valence-electron chi connectivity index (χ3n) is 3.22. The first kappa shape index (κ1) is 11.3. The third kappa shape index (κ3) is 1.76. The lowest BCUT2D eigenvalue weighted by atomic mass is 10.1. The molecule has 0 heterocycles. The van der Waals surface area contributed by atoms with Crippen molar-refractivity contribution in [1.82, 2.24) is 0 Å². The zero-order chi connectivity index (χ0) is 11.5. The largest absolute Gasteiger partial charge is 0.496 e. The second-order valence-corrected chi connectivity index (χ2v) is 4.12. The Morgan fingerprint density at radius 2 is 1.94 bits per heavy atom. The Labute approximate surface area is 96.5 Å². The molecule has 0 fully saturated rings. The zero-order valence-corrected chi connectivity index (χ0v) is 10.0. The normalized spacial score (nSPS) is 13.7. The molecule has 1 aromatic rings. The maximum Gasteiger partial charge on any atom is 0.125 e. The van der Waals surface area contributed by atoms with Crippen LogP contribution in [0.15, 0.2) is 6.07 Å². The second-order valence-electron chi connectivity index (χ2n) is 4.12. The number of hydrogen-bond donors (Lipinski definition) is 1. The van der Waals surface area contributed by atoms with Crippen molar-refractivity contribution in [1.29, 1.82) is 0 Å². The molecule has 0 aromatic heterocycles. The average molecular weight is 222 g/mol. The van der Waals surface area contributed by atoms with Crippen molar-refractivity contribution >= 4 is 0 Å². The molecule has 0 spiro atoms. The van der Waals surface area contributed by atoms with E-state index in [0.29, 0.717) is 6.54 Å². The van der Waals surface area contributed by atoms with Crippen LogP contribution in [0.5, 0.6) is 11.5 Å². The first-order valence-corrected chi connectivity index (χ1v) is 5.77. The van der Waals surface area contributed by atoms with Crippen molar-refractivity contribution < 1.29 is 9.47 Å². The number of methoxy groups -OCH3 is 2. The van der Waals surface area contributed by atoms with E-state index in [2.05, 4.69) is 6.07 Å². The highest BCUT2D eigenvalue weighted by Gasteiger charge is 2.22. The molecule has 1 aliphatic rings. The Morgan fingerprint density at radius 1 is 1.19 bits per heavy atom. The van der Waals surface area contributed by atoms with E-state index in [0.717, 1.165) is 30.8 Å². The van der Waals surface area contributed by atoms with Crippen LogP contribution in [0.1, 0.15) is 23.1 Å². The molecule has 0 bridgehead atoms. The summed E-state index contributed by atoms with van der Waals surface area (Å²) in [5.74, 6) is 2.02. The van der Waals surface area contributed by atoms with E-state index in [1.54, 1.807) is 14.2 Å². The van der Waals surface area contributed by atoms with Gasteiger partial charge in [-0.3, -0.25) is 0 Å². The Kier molecular flexibility index (Phi) is 3.34. The zero-order valence-electron chi connectivity index (χ0n) is 10.0. The first-order valence-electron chi connectivity index (χ1n) is 5.77. The lowest BCUT2D eigenvalue weighted by Crippen LogP contribution is -2.07. The quantitative estimate of drug-likeness (QED) is 0.843. The van der Waals surface area contributed by atoms with Crippen LogP contribution in [-0.2, 0) is 19.3 Å². The van der Waals surface area contributed by atoms with Gasteiger partial charge in [0.2, 0.25) is 0 Å². The van der Waals surface area contributed by atoms with Gasteiger partial charge in [-0.25, -0.2) is 0 Å². The van der Waals surface area contributed by atoms with E-state index < -0.39 is 0 Å². The average Bonchev–Trinajstić information content (AvgIpc) is 2.77. The number of benzene rings is 1. The van der Waals surface area contributed by atoms with Crippen LogP contribution in [0.25, 0.3) is 0 Å².